The number of nitrogens with zero attached hydrogens (tertiary/aromatic N) is 3. The Labute approximate surface area is 206 Å². The molecular weight excluding hydrogens is 503 g/mol. The molecular formula is C23H26F3N3O6S. The minimum Gasteiger partial charge on any atom is -0.497 e. The predicted molar refractivity (Wildman–Crippen MR) is 123 cm³/mol. The van der Waals surface area contributed by atoms with Crippen LogP contribution in [0.5, 0.6) is 5.75 Å². The second kappa shape index (κ2) is 11.2. The molecule has 1 aromatic carbocycles. The summed E-state index contributed by atoms with van der Waals surface area (Å²) < 4.78 is 64.9. The van der Waals surface area contributed by atoms with E-state index in [1.807, 2.05) is 24.3 Å². The van der Waals surface area contributed by atoms with Crippen molar-refractivity contribution < 1.29 is 41.0 Å². The number of carbonyl (C=O) groups is 2. The zero-order valence-corrected chi connectivity index (χ0v) is 20.2. The van der Waals surface area contributed by atoms with E-state index in [2.05, 4.69) is 4.98 Å². The highest BCUT2D eigenvalue weighted by molar-refractivity contribution is 7.90. The Balaban J connectivity index is 0.000000454. The Hall–Kier alpha value is -3.19. The number of rotatable bonds is 4. The number of aliphatic carboxylic acids is 1. The molecule has 2 aliphatic heterocycles. The van der Waals surface area contributed by atoms with Gasteiger partial charge in [-0.1, -0.05) is 12.1 Å². The van der Waals surface area contributed by atoms with Gasteiger partial charge in [-0.05, 0) is 48.6 Å². The Bertz CT molecular complexity index is 1180. The van der Waals surface area contributed by atoms with Gasteiger partial charge in [0, 0.05) is 44.1 Å². The van der Waals surface area contributed by atoms with Crippen LogP contribution in [0.1, 0.15) is 28.8 Å². The number of sulfonamides is 1. The van der Waals surface area contributed by atoms with Crippen LogP contribution in [0.3, 0.4) is 0 Å². The molecule has 0 bridgehead atoms. The molecule has 2 atom stereocenters. The highest BCUT2D eigenvalue weighted by Gasteiger charge is 2.47. The van der Waals surface area contributed by atoms with Gasteiger partial charge in [0.2, 0.25) is 10.0 Å². The van der Waals surface area contributed by atoms with Crippen LogP contribution in [0.4, 0.5) is 13.2 Å². The molecule has 196 valence electrons. The number of carbonyl (C=O) groups excluding carboxylic acids is 1. The molecule has 0 saturated carbocycles. The first-order valence-corrected chi connectivity index (χ1v) is 12.5. The Morgan fingerprint density at radius 1 is 1.14 bits per heavy atom. The fourth-order valence-corrected chi connectivity index (χ4v) is 6.53. The van der Waals surface area contributed by atoms with E-state index in [9.17, 15) is 26.4 Å². The van der Waals surface area contributed by atoms with Gasteiger partial charge in [0.15, 0.2) is 0 Å². The number of fused-ring (bicyclic) bond motifs is 1. The van der Waals surface area contributed by atoms with Crippen LogP contribution in [0, 0.1) is 5.92 Å². The zero-order valence-electron chi connectivity index (χ0n) is 19.4. The van der Waals surface area contributed by atoms with Crippen molar-refractivity contribution in [3.8, 4) is 5.75 Å². The van der Waals surface area contributed by atoms with Gasteiger partial charge in [0.25, 0.3) is 5.91 Å². The number of ether oxygens (including phenoxy) is 1. The molecule has 1 N–H and O–H groups in total. The maximum atomic E-state index is 13.2. The summed E-state index contributed by atoms with van der Waals surface area (Å²) in [4.78, 5) is 27.3. The number of benzene rings is 1. The number of pyridine rings is 1. The fourth-order valence-electron chi connectivity index (χ4n) is 4.31. The van der Waals surface area contributed by atoms with Gasteiger partial charge in [-0.25, -0.2) is 13.2 Å². The summed E-state index contributed by atoms with van der Waals surface area (Å²) in [6.45, 7) is 1.88. The zero-order chi connectivity index (χ0) is 26.5. The van der Waals surface area contributed by atoms with Gasteiger partial charge in [-0.15, -0.1) is 0 Å². The predicted octanol–water partition coefficient (Wildman–Crippen LogP) is 2.79. The highest BCUT2D eigenvalue weighted by atomic mass is 32.2. The van der Waals surface area contributed by atoms with Gasteiger partial charge in [0.05, 0.1) is 12.4 Å². The fraction of sp³-hybridized carbons (Fsp3) is 0.435. The smallest absolute Gasteiger partial charge is 0.490 e. The van der Waals surface area contributed by atoms with E-state index in [0.29, 0.717) is 44.6 Å². The number of methoxy groups -OCH3 is 1. The van der Waals surface area contributed by atoms with E-state index < -0.39 is 27.4 Å². The molecule has 0 radical (unpaired) electrons. The van der Waals surface area contributed by atoms with Gasteiger partial charge in [0.1, 0.15) is 5.75 Å². The number of likely N-dealkylation sites (tertiary alicyclic amines) is 1. The molecule has 2 fully saturated rings. The maximum Gasteiger partial charge on any atom is 0.490 e. The quantitative estimate of drug-likeness (QED) is 0.647. The molecule has 13 heteroatoms. The van der Waals surface area contributed by atoms with Gasteiger partial charge >= 0.3 is 12.1 Å². The normalized spacial score (nSPS) is 21.5. The van der Waals surface area contributed by atoms with E-state index in [1.54, 1.807) is 40.8 Å². The summed E-state index contributed by atoms with van der Waals surface area (Å²) in [5.41, 5.74) is 1.51. The Morgan fingerprint density at radius 2 is 1.78 bits per heavy atom. The number of amides is 1. The van der Waals surface area contributed by atoms with Crippen LogP contribution >= 0.6 is 0 Å². The standard InChI is InChI=1S/C21H25N3O4S.C2HF3O2/c1-28-19-4-2-3-16(13-19)14-24-15-18-7-11-23(12-8-20(18)29(24,26)27)21(25)17-5-9-22-10-6-17;3-2(4,5)1(6)7/h2-6,9-10,13,18,20H,7-8,11-12,14-15H2,1H3;(H,6,7)/t18-,20-;/m1./s1. The van der Waals surface area contributed by atoms with Gasteiger partial charge < -0.3 is 14.7 Å². The number of hydrogen-bond donors (Lipinski definition) is 1. The van der Waals surface area contributed by atoms with Crippen LogP contribution in [-0.4, -0.2) is 77.8 Å². The minimum atomic E-state index is -5.08. The molecule has 1 aromatic heterocycles. The average Bonchev–Trinajstić information content (AvgIpc) is 2.97. The monoisotopic (exact) mass is 529 g/mol. The Kier molecular flexibility index (Phi) is 8.56. The highest BCUT2D eigenvalue weighted by Crippen LogP contribution is 2.35. The van der Waals surface area contributed by atoms with Gasteiger partial charge in [-0.2, -0.15) is 17.5 Å². The lowest BCUT2D eigenvalue weighted by Crippen LogP contribution is -2.34. The lowest BCUT2D eigenvalue weighted by Gasteiger charge is -2.22. The number of alkyl halides is 3. The van der Waals surface area contributed by atoms with Crippen molar-refractivity contribution >= 4 is 21.9 Å². The molecule has 0 unspecified atom stereocenters. The molecule has 36 heavy (non-hydrogen) atoms. The minimum absolute atomic E-state index is 0.0425. The third-order valence-corrected chi connectivity index (χ3v) is 8.49. The lowest BCUT2D eigenvalue weighted by molar-refractivity contribution is -0.192. The lowest BCUT2D eigenvalue weighted by atomic mass is 10.0. The van der Waals surface area contributed by atoms with E-state index in [-0.39, 0.29) is 11.8 Å². The first-order valence-electron chi connectivity index (χ1n) is 11.0. The van der Waals surface area contributed by atoms with E-state index in [4.69, 9.17) is 14.6 Å². The van der Waals surface area contributed by atoms with Crippen LogP contribution in [-0.2, 0) is 21.4 Å². The first kappa shape index (κ1) is 27.4. The summed E-state index contributed by atoms with van der Waals surface area (Å²) in [6.07, 6.45) is -0.727. The molecule has 0 spiro atoms. The van der Waals surface area contributed by atoms with Crippen LogP contribution in [0.25, 0.3) is 0 Å². The molecule has 9 nitrogen and oxygen atoms in total. The summed E-state index contributed by atoms with van der Waals surface area (Å²) >= 11 is 0. The molecule has 4 rings (SSSR count). The SMILES string of the molecule is COc1cccc(CN2C[C@H]3CCN(C(=O)c4ccncc4)CC[C@H]3S2(=O)=O)c1.O=C(O)C(F)(F)F. The Morgan fingerprint density at radius 3 is 2.39 bits per heavy atom. The third-order valence-electron chi connectivity index (χ3n) is 6.11. The number of carboxylic acid groups (broad SMARTS) is 1. The first-order chi connectivity index (χ1) is 16.9. The second-order valence-corrected chi connectivity index (χ2v) is 10.5. The summed E-state index contributed by atoms with van der Waals surface area (Å²) in [7, 11) is -1.80. The third kappa shape index (κ3) is 6.52. The number of halogens is 3. The number of carboxylic acids is 1. The van der Waals surface area contributed by atoms with Gasteiger partial charge in [-0.3, -0.25) is 9.78 Å². The largest absolute Gasteiger partial charge is 0.497 e. The van der Waals surface area contributed by atoms with Crippen molar-refractivity contribution in [3.63, 3.8) is 0 Å². The van der Waals surface area contributed by atoms with Crippen molar-refractivity contribution in [2.45, 2.75) is 30.8 Å². The average molecular weight is 530 g/mol. The van der Waals surface area contributed by atoms with Crippen LogP contribution in [0.2, 0.25) is 0 Å². The summed E-state index contributed by atoms with van der Waals surface area (Å²) in [6, 6.07) is 10.9. The van der Waals surface area contributed by atoms with E-state index in [0.717, 1.165) is 11.3 Å². The van der Waals surface area contributed by atoms with Crippen molar-refractivity contribution in [2.24, 2.45) is 5.92 Å². The molecule has 2 saturated heterocycles. The molecule has 2 aliphatic rings. The number of aromatic nitrogens is 1. The topological polar surface area (TPSA) is 117 Å². The molecule has 2 aromatic rings. The van der Waals surface area contributed by atoms with Crippen molar-refractivity contribution in [2.75, 3.05) is 26.7 Å². The van der Waals surface area contributed by atoms with Crippen molar-refractivity contribution in [1.82, 2.24) is 14.2 Å². The second-order valence-electron chi connectivity index (χ2n) is 8.40. The number of hydrogen-bond acceptors (Lipinski definition) is 6. The molecule has 1 amide bonds. The summed E-state index contributed by atoms with van der Waals surface area (Å²) in [5.74, 6) is -2.05. The van der Waals surface area contributed by atoms with Crippen molar-refractivity contribution in [3.05, 3.63) is 59.9 Å². The molecule has 0 aliphatic carbocycles. The van der Waals surface area contributed by atoms with Crippen LogP contribution < -0.4 is 4.74 Å². The maximum absolute atomic E-state index is 13.2. The van der Waals surface area contributed by atoms with E-state index >= 15 is 0 Å². The van der Waals surface area contributed by atoms with Crippen molar-refractivity contribution in [1.29, 1.82) is 0 Å². The molecule has 3 heterocycles. The van der Waals surface area contributed by atoms with Crippen LogP contribution in [0.15, 0.2) is 48.8 Å². The summed E-state index contributed by atoms with van der Waals surface area (Å²) in [5, 5.41) is 6.70. The van der Waals surface area contributed by atoms with E-state index in [1.165, 1.54) is 0 Å².